The van der Waals surface area contributed by atoms with E-state index in [-0.39, 0.29) is 18.5 Å². The van der Waals surface area contributed by atoms with Crippen LogP contribution in [0.3, 0.4) is 0 Å². The van der Waals surface area contributed by atoms with Crippen molar-refractivity contribution in [2.45, 2.75) is 424 Å². The van der Waals surface area contributed by atoms with Crippen LogP contribution in [0.25, 0.3) is 0 Å². The van der Waals surface area contributed by atoms with Crippen molar-refractivity contribution < 1.29 is 24.5 Å². The molecule has 494 valence electrons. The zero-order valence-corrected chi connectivity index (χ0v) is 56.6. The SMILES string of the molecule is CCCC/C=C\C/C=C\CCCCCCCC(=O)OCCCCCCCCCCCCCCCC/C=C\CCCCCCCCCCCCCCCCCCCC(=O)NC(CO)C(O)/C=C/CCCCCCCCCCCCCCCCCC. The maximum Gasteiger partial charge on any atom is 0.305 e. The summed E-state index contributed by atoms with van der Waals surface area (Å²) in [5, 5.41) is 23.2. The minimum absolute atomic E-state index is 0.00549. The summed E-state index contributed by atoms with van der Waals surface area (Å²) in [6.07, 6.45) is 96.5. The van der Waals surface area contributed by atoms with E-state index in [4.69, 9.17) is 4.74 Å². The highest BCUT2D eigenvalue weighted by Gasteiger charge is 2.18. The molecule has 0 saturated heterocycles. The molecule has 0 heterocycles. The Bertz CT molecular complexity index is 1400. The highest BCUT2D eigenvalue weighted by molar-refractivity contribution is 5.76. The van der Waals surface area contributed by atoms with Crippen molar-refractivity contribution in [3.63, 3.8) is 0 Å². The van der Waals surface area contributed by atoms with Crippen LogP contribution in [0.1, 0.15) is 412 Å². The number of amides is 1. The number of hydrogen-bond acceptors (Lipinski definition) is 5. The van der Waals surface area contributed by atoms with Gasteiger partial charge in [-0.3, -0.25) is 9.59 Å². The molecule has 0 aliphatic carbocycles. The Hall–Kier alpha value is -2.18. The summed E-state index contributed by atoms with van der Waals surface area (Å²) in [5.41, 5.74) is 0. The normalized spacial score (nSPS) is 12.8. The van der Waals surface area contributed by atoms with Crippen LogP contribution in [0.4, 0.5) is 0 Å². The molecule has 0 aromatic carbocycles. The van der Waals surface area contributed by atoms with Gasteiger partial charge in [0.05, 0.1) is 25.4 Å². The van der Waals surface area contributed by atoms with E-state index in [1.54, 1.807) is 6.08 Å². The lowest BCUT2D eigenvalue weighted by Crippen LogP contribution is -2.45. The highest BCUT2D eigenvalue weighted by atomic mass is 16.5. The van der Waals surface area contributed by atoms with E-state index >= 15 is 0 Å². The van der Waals surface area contributed by atoms with E-state index in [1.807, 2.05) is 6.08 Å². The number of rotatable bonds is 71. The van der Waals surface area contributed by atoms with Gasteiger partial charge in [0.15, 0.2) is 0 Å². The maximum atomic E-state index is 12.5. The van der Waals surface area contributed by atoms with Gasteiger partial charge >= 0.3 is 5.97 Å². The van der Waals surface area contributed by atoms with Crippen molar-refractivity contribution in [3.8, 4) is 0 Å². The third kappa shape index (κ3) is 68.9. The second kappa shape index (κ2) is 73.3. The Morgan fingerprint density at radius 2 is 0.607 bits per heavy atom. The minimum atomic E-state index is -0.843. The van der Waals surface area contributed by atoms with Crippen molar-refractivity contribution in [2.24, 2.45) is 0 Å². The molecule has 0 rings (SSSR count). The van der Waals surface area contributed by atoms with Crippen LogP contribution < -0.4 is 5.32 Å². The van der Waals surface area contributed by atoms with E-state index < -0.39 is 12.1 Å². The van der Waals surface area contributed by atoms with Gasteiger partial charge < -0.3 is 20.3 Å². The maximum absolute atomic E-state index is 12.5. The van der Waals surface area contributed by atoms with E-state index in [0.717, 1.165) is 51.4 Å². The Kier molecular flexibility index (Phi) is 71.4. The van der Waals surface area contributed by atoms with E-state index in [0.29, 0.717) is 19.4 Å². The Morgan fingerprint density at radius 1 is 0.333 bits per heavy atom. The lowest BCUT2D eigenvalue weighted by molar-refractivity contribution is -0.143. The third-order valence-electron chi connectivity index (χ3n) is 17.6. The zero-order chi connectivity index (χ0) is 60.6. The van der Waals surface area contributed by atoms with Crippen molar-refractivity contribution >= 4 is 11.9 Å². The van der Waals surface area contributed by atoms with Crippen LogP contribution in [0.5, 0.6) is 0 Å². The number of aliphatic hydroxyl groups is 2. The van der Waals surface area contributed by atoms with Crippen molar-refractivity contribution in [3.05, 3.63) is 48.6 Å². The van der Waals surface area contributed by atoms with Crippen LogP contribution in [0.2, 0.25) is 0 Å². The molecule has 6 heteroatoms. The Labute approximate surface area is 525 Å². The first-order valence-corrected chi connectivity index (χ1v) is 37.9. The number of aliphatic hydroxyl groups excluding tert-OH is 2. The molecule has 0 saturated carbocycles. The smallest absolute Gasteiger partial charge is 0.305 e. The number of nitrogens with one attached hydrogen (secondary N) is 1. The molecule has 0 bridgehead atoms. The molecule has 0 radical (unpaired) electrons. The summed E-state index contributed by atoms with van der Waals surface area (Å²) < 4.78 is 5.49. The highest BCUT2D eigenvalue weighted by Crippen LogP contribution is 2.19. The molecule has 0 aromatic rings. The van der Waals surface area contributed by atoms with Crippen LogP contribution in [0, 0.1) is 0 Å². The molecular weight excluding hydrogens is 1030 g/mol. The first-order chi connectivity index (χ1) is 41.5. The second-order valence-corrected chi connectivity index (χ2v) is 26.0. The number of allylic oxidation sites excluding steroid dienone is 7. The average Bonchev–Trinajstić information content (AvgIpc) is 3.51. The van der Waals surface area contributed by atoms with Crippen LogP contribution in [0.15, 0.2) is 48.6 Å². The molecule has 3 N–H and O–H groups in total. The molecule has 84 heavy (non-hydrogen) atoms. The van der Waals surface area contributed by atoms with Gasteiger partial charge in [0.1, 0.15) is 0 Å². The molecule has 2 atom stereocenters. The third-order valence-corrected chi connectivity index (χ3v) is 17.6. The monoisotopic (exact) mass is 1180 g/mol. The fourth-order valence-electron chi connectivity index (χ4n) is 11.8. The number of esters is 1. The molecule has 0 aliphatic rings. The van der Waals surface area contributed by atoms with E-state index in [1.165, 1.54) is 334 Å². The van der Waals surface area contributed by atoms with Gasteiger partial charge in [0, 0.05) is 12.8 Å². The molecule has 0 aliphatic heterocycles. The van der Waals surface area contributed by atoms with Crippen LogP contribution in [-0.4, -0.2) is 47.4 Å². The van der Waals surface area contributed by atoms with Gasteiger partial charge in [-0.05, 0) is 83.5 Å². The van der Waals surface area contributed by atoms with Gasteiger partial charge in [0.2, 0.25) is 5.91 Å². The first kappa shape index (κ1) is 81.8. The molecule has 2 unspecified atom stereocenters. The number of unbranched alkanes of at least 4 members (excludes halogenated alkanes) is 54. The van der Waals surface area contributed by atoms with E-state index in [2.05, 4.69) is 55.6 Å². The first-order valence-electron chi connectivity index (χ1n) is 37.9. The van der Waals surface area contributed by atoms with Crippen LogP contribution >= 0.6 is 0 Å². The van der Waals surface area contributed by atoms with Gasteiger partial charge in [-0.1, -0.05) is 364 Å². The Morgan fingerprint density at radius 3 is 0.952 bits per heavy atom. The van der Waals surface area contributed by atoms with Gasteiger partial charge in [-0.2, -0.15) is 0 Å². The van der Waals surface area contributed by atoms with Gasteiger partial charge in [0.25, 0.3) is 0 Å². The molecule has 6 nitrogen and oxygen atoms in total. The number of carbonyl (C=O) groups is 2. The van der Waals surface area contributed by atoms with E-state index in [9.17, 15) is 19.8 Å². The summed E-state index contributed by atoms with van der Waals surface area (Å²) in [7, 11) is 0. The number of carbonyl (C=O) groups excluding carboxylic acids is 2. The standard InChI is InChI=1S/C78H147NO5/c1-3-5-7-9-11-13-15-17-19-20-40-43-46-50-54-58-62-66-70-76(81)75(74-80)79-77(82)71-67-63-59-55-51-47-44-41-38-36-34-32-30-28-26-24-22-21-23-25-27-29-31-33-35-37-39-42-45-49-53-57-61-65-69-73-84-78(83)72-68-64-60-56-52-48-18-16-14-12-10-8-6-4-2/h10,12,16,18,23,25,66,70,75-76,80-81H,3-9,11,13-15,17,19-22,24,26-65,67-69,71-74H2,1-2H3,(H,79,82)/b12-10-,18-16-,25-23-,70-66+. The van der Waals surface area contributed by atoms with Gasteiger partial charge in [-0.25, -0.2) is 0 Å². The summed E-state index contributed by atoms with van der Waals surface area (Å²) in [4.78, 5) is 24.6. The number of ether oxygens (including phenoxy) is 1. The van der Waals surface area contributed by atoms with Gasteiger partial charge in [-0.15, -0.1) is 0 Å². The molecular formula is C78H147NO5. The summed E-state index contributed by atoms with van der Waals surface area (Å²) in [5.74, 6) is -0.0557. The summed E-state index contributed by atoms with van der Waals surface area (Å²) in [6, 6.07) is -0.626. The summed E-state index contributed by atoms with van der Waals surface area (Å²) in [6.45, 7) is 4.89. The lowest BCUT2D eigenvalue weighted by Gasteiger charge is -2.20. The number of hydrogen-bond donors (Lipinski definition) is 3. The quantitative estimate of drug-likeness (QED) is 0.0320. The largest absolute Gasteiger partial charge is 0.466 e. The van der Waals surface area contributed by atoms with Crippen LogP contribution in [-0.2, 0) is 14.3 Å². The summed E-state index contributed by atoms with van der Waals surface area (Å²) >= 11 is 0. The predicted octanol–water partition coefficient (Wildman–Crippen LogP) is 24.8. The second-order valence-electron chi connectivity index (χ2n) is 26.0. The zero-order valence-electron chi connectivity index (χ0n) is 56.6. The predicted molar refractivity (Wildman–Crippen MR) is 370 cm³/mol. The van der Waals surface area contributed by atoms with Crippen molar-refractivity contribution in [1.82, 2.24) is 5.32 Å². The molecule has 1 amide bonds. The lowest BCUT2D eigenvalue weighted by atomic mass is 10.0. The fraction of sp³-hybridized carbons (Fsp3) is 0.872. The molecule has 0 fully saturated rings. The molecule has 0 aromatic heterocycles. The van der Waals surface area contributed by atoms with Crippen molar-refractivity contribution in [1.29, 1.82) is 0 Å². The Balaban J connectivity index is 3.36. The minimum Gasteiger partial charge on any atom is -0.466 e. The fourth-order valence-corrected chi connectivity index (χ4v) is 11.8. The van der Waals surface area contributed by atoms with Crippen molar-refractivity contribution in [2.75, 3.05) is 13.2 Å². The average molecular weight is 1180 g/mol. The topological polar surface area (TPSA) is 95.9 Å². The molecule has 0 spiro atoms.